The van der Waals surface area contributed by atoms with Crippen molar-refractivity contribution in [3.63, 3.8) is 0 Å². The van der Waals surface area contributed by atoms with Crippen molar-refractivity contribution in [2.75, 3.05) is 19.8 Å². The van der Waals surface area contributed by atoms with Gasteiger partial charge in [0.05, 0.1) is 13.2 Å². The Labute approximate surface area is 96.2 Å². The lowest BCUT2D eigenvalue weighted by atomic mass is 10.1. The quantitative estimate of drug-likeness (QED) is 0.747. The van der Waals surface area contributed by atoms with Crippen LogP contribution >= 0.6 is 0 Å². The van der Waals surface area contributed by atoms with Crippen molar-refractivity contribution in [3.8, 4) is 5.88 Å². The monoisotopic (exact) mass is 225 g/mol. The van der Waals surface area contributed by atoms with E-state index in [9.17, 15) is 5.11 Å². The summed E-state index contributed by atoms with van der Waals surface area (Å²) in [4.78, 5) is 4.26. The maximum absolute atomic E-state index is 9.24. The minimum absolute atomic E-state index is 0.0525. The fraction of sp³-hybridized carbons (Fsp3) is 0.583. The Hall–Kier alpha value is -1.13. The number of hydrogen-bond acceptors (Lipinski definition) is 4. The van der Waals surface area contributed by atoms with Gasteiger partial charge in [0.15, 0.2) is 0 Å². The number of rotatable bonds is 6. The van der Waals surface area contributed by atoms with Gasteiger partial charge in [0.2, 0.25) is 5.88 Å². The summed E-state index contributed by atoms with van der Waals surface area (Å²) in [5, 5.41) is 9.24. The maximum Gasteiger partial charge on any atom is 0.219 e. The number of aryl methyl sites for hydroxylation is 2. The van der Waals surface area contributed by atoms with E-state index in [2.05, 4.69) is 4.98 Å². The van der Waals surface area contributed by atoms with Gasteiger partial charge in [-0.25, -0.2) is 4.98 Å². The molecule has 1 heterocycles. The summed E-state index contributed by atoms with van der Waals surface area (Å²) >= 11 is 0. The van der Waals surface area contributed by atoms with Crippen molar-refractivity contribution in [1.29, 1.82) is 0 Å². The minimum atomic E-state index is -0.0525. The Morgan fingerprint density at radius 1 is 1.31 bits per heavy atom. The topological polar surface area (TPSA) is 51.6 Å². The van der Waals surface area contributed by atoms with Gasteiger partial charge in [-0.3, -0.25) is 0 Å². The Morgan fingerprint density at radius 3 is 2.69 bits per heavy atom. The lowest BCUT2D eigenvalue weighted by Crippen LogP contribution is -2.10. The predicted molar refractivity (Wildman–Crippen MR) is 61.6 cm³/mol. The third kappa shape index (κ3) is 3.47. The van der Waals surface area contributed by atoms with Crippen LogP contribution in [0.25, 0.3) is 0 Å². The molecule has 0 bridgehead atoms. The first-order valence-corrected chi connectivity index (χ1v) is 5.47. The van der Waals surface area contributed by atoms with E-state index >= 15 is 0 Å². The molecule has 0 aromatic carbocycles. The fourth-order valence-corrected chi connectivity index (χ4v) is 1.48. The van der Waals surface area contributed by atoms with E-state index in [0.29, 0.717) is 25.7 Å². The maximum atomic E-state index is 9.24. The summed E-state index contributed by atoms with van der Waals surface area (Å²) in [6.07, 6.45) is 0. The van der Waals surface area contributed by atoms with Crippen molar-refractivity contribution >= 4 is 0 Å². The van der Waals surface area contributed by atoms with Crippen molar-refractivity contribution in [2.24, 2.45) is 0 Å². The molecular formula is C12H19NO3. The van der Waals surface area contributed by atoms with Gasteiger partial charge in [-0.15, -0.1) is 0 Å². The second-order valence-corrected chi connectivity index (χ2v) is 3.57. The van der Waals surface area contributed by atoms with Crippen molar-refractivity contribution < 1.29 is 14.6 Å². The summed E-state index contributed by atoms with van der Waals surface area (Å²) in [5.74, 6) is 0.514. The molecule has 1 aromatic rings. The van der Waals surface area contributed by atoms with Gasteiger partial charge in [0, 0.05) is 17.9 Å². The predicted octanol–water partition coefficient (Wildman–Crippen LogP) is 1.61. The molecular weight excluding hydrogens is 206 g/mol. The molecule has 0 saturated heterocycles. The Kier molecular flexibility index (Phi) is 5.22. The summed E-state index contributed by atoms with van der Waals surface area (Å²) in [7, 11) is 0. The summed E-state index contributed by atoms with van der Waals surface area (Å²) in [6, 6.07) is 1.93. The fourth-order valence-electron chi connectivity index (χ4n) is 1.48. The molecule has 0 saturated carbocycles. The third-order valence-electron chi connectivity index (χ3n) is 2.27. The zero-order valence-corrected chi connectivity index (χ0v) is 10.1. The molecule has 1 rings (SSSR count). The van der Waals surface area contributed by atoms with Crippen LogP contribution in [0.3, 0.4) is 0 Å². The smallest absolute Gasteiger partial charge is 0.219 e. The van der Waals surface area contributed by atoms with E-state index in [1.54, 1.807) is 0 Å². The zero-order chi connectivity index (χ0) is 12.0. The number of ether oxygens (including phenoxy) is 2. The molecule has 0 spiro atoms. The van der Waals surface area contributed by atoms with E-state index < -0.39 is 0 Å². The van der Waals surface area contributed by atoms with Crippen LogP contribution in [-0.2, 0) is 11.3 Å². The van der Waals surface area contributed by atoms with Gasteiger partial charge >= 0.3 is 0 Å². The van der Waals surface area contributed by atoms with Crippen LogP contribution in [0.2, 0.25) is 0 Å². The van der Waals surface area contributed by atoms with E-state index in [4.69, 9.17) is 9.47 Å². The van der Waals surface area contributed by atoms with E-state index in [1.807, 2.05) is 26.8 Å². The molecule has 16 heavy (non-hydrogen) atoms. The van der Waals surface area contributed by atoms with Crippen LogP contribution in [0.15, 0.2) is 6.07 Å². The highest BCUT2D eigenvalue weighted by Gasteiger charge is 2.08. The highest BCUT2D eigenvalue weighted by Crippen LogP contribution is 2.20. The van der Waals surface area contributed by atoms with Crippen LogP contribution < -0.4 is 4.74 Å². The molecule has 0 amide bonds. The molecule has 4 nitrogen and oxygen atoms in total. The molecule has 0 unspecified atom stereocenters. The molecule has 0 fully saturated rings. The van der Waals surface area contributed by atoms with Crippen molar-refractivity contribution in [1.82, 2.24) is 4.98 Å². The largest absolute Gasteiger partial charge is 0.475 e. The van der Waals surface area contributed by atoms with Gasteiger partial charge in [0.25, 0.3) is 0 Å². The van der Waals surface area contributed by atoms with E-state index in [-0.39, 0.29) is 6.61 Å². The Morgan fingerprint density at radius 2 is 2.06 bits per heavy atom. The number of aliphatic hydroxyl groups is 1. The average molecular weight is 225 g/mol. The minimum Gasteiger partial charge on any atom is -0.475 e. The molecule has 4 heteroatoms. The average Bonchev–Trinajstić information content (AvgIpc) is 2.24. The summed E-state index contributed by atoms with van der Waals surface area (Å²) in [5.41, 5.74) is 2.64. The molecule has 0 aliphatic heterocycles. The molecule has 1 N–H and O–H groups in total. The lowest BCUT2D eigenvalue weighted by molar-refractivity contribution is 0.107. The number of aromatic nitrogens is 1. The summed E-state index contributed by atoms with van der Waals surface area (Å²) < 4.78 is 10.7. The molecule has 1 aromatic heterocycles. The van der Waals surface area contributed by atoms with Gasteiger partial charge < -0.3 is 14.6 Å². The van der Waals surface area contributed by atoms with Gasteiger partial charge in [-0.05, 0) is 32.4 Å². The van der Waals surface area contributed by atoms with Gasteiger partial charge in [-0.1, -0.05) is 0 Å². The zero-order valence-electron chi connectivity index (χ0n) is 10.1. The second kappa shape index (κ2) is 6.45. The first-order valence-electron chi connectivity index (χ1n) is 5.47. The number of nitrogens with zero attached hydrogens (tertiary/aromatic N) is 1. The highest BCUT2D eigenvalue weighted by molar-refractivity contribution is 5.35. The number of aliphatic hydroxyl groups excluding tert-OH is 1. The van der Waals surface area contributed by atoms with Gasteiger partial charge in [-0.2, -0.15) is 0 Å². The lowest BCUT2D eigenvalue weighted by Gasteiger charge is -2.12. The van der Waals surface area contributed by atoms with Crippen LogP contribution in [0.1, 0.15) is 23.7 Å². The van der Waals surface area contributed by atoms with Crippen LogP contribution in [-0.4, -0.2) is 29.9 Å². The van der Waals surface area contributed by atoms with E-state index in [1.165, 1.54) is 0 Å². The van der Waals surface area contributed by atoms with E-state index in [0.717, 1.165) is 16.8 Å². The molecule has 0 aliphatic carbocycles. The summed E-state index contributed by atoms with van der Waals surface area (Å²) in [6.45, 7) is 7.40. The molecule has 0 radical (unpaired) electrons. The Bertz CT molecular complexity index is 339. The van der Waals surface area contributed by atoms with Crippen molar-refractivity contribution in [2.45, 2.75) is 27.4 Å². The number of hydrogen-bond donors (Lipinski definition) is 1. The first-order chi connectivity index (χ1) is 7.69. The standard InChI is InChI=1S/C12H19NO3/c1-4-15-5-6-16-12-11(8-14)9(2)7-10(3)13-12/h7,14H,4-6,8H2,1-3H3. The normalized spacial score (nSPS) is 10.5. The molecule has 0 atom stereocenters. The SMILES string of the molecule is CCOCCOc1nc(C)cc(C)c1CO. The first kappa shape index (κ1) is 12.9. The van der Waals surface area contributed by atoms with Gasteiger partial charge in [0.1, 0.15) is 6.61 Å². The number of pyridine rings is 1. The van der Waals surface area contributed by atoms with Crippen LogP contribution in [0.5, 0.6) is 5.88 Å². The van der Waals surface area contributed by atoms with Crippen molar-refractivity contribution in [3.05, 3.63) is 22.9 Å². The Balaban J connectivity index is 2.69. The molecule has 90 valence electrons. The molecule has 0 aliphatic rings. The second-order valence-electron chi connectivity index (χ2n) is 3.57. The highest BCUT2D eigenvalue weighted by atomic mass is 16.5. The third-order valence-corrected chi connectivity index (χ3v) is 2.27. The van der Waals surface area contributed by atoms with Crippen LogP contribution in [0, 0.1) is 13.8 Å². The van der Waals surface area contributed by atoms with Crippen LogP contribution in [0.4, 0.5) is 0 Å².